The predicted octanol–water partition coefficient (Wildman–Crippen LogP) is 5.30. The molecule has 0 heterocycles. The van der Waals surface area contributed by atoms with Crippen LogP contribution < -0.4 is 4.74 Å². The van der Waals surface area contributed by atoms with Gasteiger partial charge in [-0.25, -0.2) is 0 Å². The number of aryl methyl sites for hydroxylation is 1. The van der Waals surface area contributed by atoms with Gasteiger partial charge in [0.15, 0.2) is 0 Å². The molecule has 0 radical (unpaired) electrons. The molecule has 2 aromatic rings. The lowest BCUT2D eigenvalue weighted by atomic mass is 9.55. The van der Waals surface area contributed by atoms with Crippen molar-refractivity contribution in [2.75, 3.05) is 7.11 Å². The molecule has 0 aliphatic heterocycles. The van der Waals surface area contributed by atoms with Gasteiger partial charge in [-0.05, 0) is 91.5 Å². The maximum atomic E-state index is 10.7. The minimum absolute atomic E-state index is 0.00315. The number of aliphatic hydroxyl groups excluding tert-OH is 1. The number of phenolic OH excluding ortho intramolecular Hbond substituents is 1. The second-order valence-corrected chi connectivity index (χ2v) is 10.1. The zero-order valence-electron chi connectivity index (χ0n) is 19.2. The molecule has 2 fully saturated rings. The molecule has 170 valence electrons. The van der Waals surface area contributed by atoms with Gasteiger partial charge in [-0.15, -0.1) is 0 Å². The van der Waals surface area contributed by atoms with Crippen LogP contribution in [-0.2, 0) is 11.4 Å². The number of aliphatic hydroxyl groups is 1. The number of benzene rings is 2. The van der Waals surface area contributed by atoms with Crippen LogP contribution in [0.1, 0.15) is 67.2 Å². The van der Waals surface area contributed by atoms with Gasteiger partial charge in [0.1, 0.15) is 18.1 Å². The number of rotatable bonds is 4. The Hall–Kier alpha value is -2.53. The van der Waals surface area contributed by atoms with Gasteiger partial charge < -0.3 is 19.8 Å². The van der Waals surface area contributed by atoms with Crippen molar-refractivity contribution in [3.05, 3.63) is 58.7 Å². The summed E-state index contributed by atoms with van der Waals surface area (Å²) in [5, 5.41) is 25.5. The van der Waals surface area contributed by atoms with Crippen LogP contribution in [0.3, 0.4) is 0 Å². The molecule has 0 saturated heterocycles. The topological polar surface area (TPSA) is 71.3 Å². The normalized spacial score (nSPS) is 32.2. The molecule has 0 amide bonds. The van der Waals surface area contributed by atoms with Crippen molar-refractivity contribution in [1.82, 2.24) is 0 Å². The summed E-state index contributed by atoms with van der Waals surface area (Å²) in [6.07, 6.45) is 4.70. The van der Waals surface area contributed by atoms with E-state index in [1.54, 1.807) is 13.2 Å². The Morgan fingerprint density at radius 2 is 1.97 bits per heavy atom. The number of oxime groups is 1. The van der Waals surface area contributed by atoms with Crippen LogP contribution in [-0.4, -0.2) is 29.1 Å². The Balaban J connectivity index is 1.45. The third kappa shape index (κ3) is 3.47. The summed E-state index contributed by atoms with van der Waals surface area (Å²) in [7, 11) is 1.67. The summed E-state index contributed by atoms with van der Waals surface area (Å²) in [5.74, 6) is 2.44. The first-order valence-corrected chi connectivity index (χ1v) is 11.7. The zero-order valence-corrected chi connectivity index (χ0v) is 19.2. The minimum Gasteiger partial charge on any atom is -0.508 e. The van der Waals surface area contributed by atoms with Gasteiger partial charge in [0.25, 0.3) is 0 Å². The molecule has 5 rings (SSSR count). The van der Waals surface area contributed by atoms with Gasteiger partial charge in [0.2, 0.25) is 0 Å². The van der Waals surface area contributed by atoms with Crippen molar-refractivity contribution in [1.29, 1.82) is 0 Å². The number of methoxy groups -OCH3 is 1. The number of hydrogen-bond acceptors (Lipinski definition) is 5. The molecule has 0 unspecified atom stereocenters. The van der Waals surface area contributed by atoms with E-state index in [4.69, 9.17) is 9.57 Å². The Bertz CT molecular complexity index is 1050. The van der Waals surface area contributed by atoms with E-state index >= 15 is 0 Å². The molecular weight excluding hydrogens is 402 g/mol. The highest BCUT2D eigenvalue weighted by molar-refractivity contribution is 6.03. The second-order valence-electron chi connectivity index (χ2n) is 10.1. The van der Waals surface area contributed by atoms with Crippen molar-refractivity contribution < 1.29 is 19.8 Å². The SMILES string of the molecule is COc1cc(C)ccc1CO/N=C1\C[C@@H]2[C@H](CC[C@]3(C)[C@@H](O)CC[C@@H]23)c2ccc(O)cc21. The molecule has 5 heteroatoms. The number of nitrogens with zero attached hydrogens (tertiary/aromatic N) is 1. The standard InChI is InChI=1S/C27H33NO4/c1-16-4-5-17(25(12-16)31-3)15-32-28-24-14-21-20(19-7-6-18(29)13-22(19)24)10-11-27(2)23(21)8-9-26(27)30/h4-7,12-13,20-21,23,26,29-30H,8-11,14-15H2,1-3H3/b28-24+/t20-,21-,23+,26+,27+/m1/s1. The molecule has 0 bridgehead atoms. The molecule has 5 nitrogen and oxygen atoms in total. The van der Waals surface area contributed by atoms with E-state index in [0.29, 0.717) is 24.4 Å². The first-order chi connectivity index (χ1) is 15.4. The summed E-state index contributed by atoms with van der Waals surface area (Å²) in [5.41, 5.74) is 5.25. The van der Waals surface area contributed by atoms with Crippen LogP contribution in [0.4, 0.5) is 0 Å². The second kappa shape index (κ2) is 8.11. The van der Waals surface area contributed by atoms with E-state index in [1.807, 2.05) is 31.2 Å². The highest BCUT2D eigenvalue weighted by Gasteiger charge is 2.55. The lowest BCUT2D eigenvalue weighted by Crippen LogP contribution is -2.45. The van der Waals surface area contributed by atoms with Crippen LogP contribution in [0, 0.1) is 24.2 Å². The average molecular weight is 436 g/mol. The molecule has 0 aromatic heterocycles. The van der Waals surface area contributed by atoms with Crippen LogP contribution in [0.5, 0.6) is 11.5 Å². The first kappa shape index (κ1) is 21.3. The maximum Gasteiger partial charge on any atom is 0.145 e. The fourth-order valence-electron chi connectivity index (χ4n) is 6.62. The van der Waals surface area contributed by atoms with Gasteiger partial charge in [-0.1, -0.05) is 30.3 Å². The maximum absolute atomic E-state index is 10.7. The third-order valence-electron chi connectivity index (χ3n) is 8.40. The monoisotopic (exact) mass is 435 g/mol. The number of fused-ring (bicyclic) bond motifs is 5. The van der Waals surface area contributed by atoms with Crippen molar-refractivity contribution in [2.24, 2.45) is 22.4 Å². The number of phenols is 1. The Morgan fingerprint density at radius 3 is 2.78 bits per heavy atom. The highest BCUT2D eigenvalue weighted by atomic mass is 16.6. The van der Waals surface area contributed by atoms with Crippen LogP contribution >= 0.6 is 0 Å². The third-order valence-corrected chi connectivity index (χ3v) is 8.40. The van der Waals surface area contributed by atoms with Crippen molar-refractivity contribution >= 4 is 5.71 Å². The van der Waals surface area contributed by atoms with E-state index in [2.05, 4.69) is 18.1 Å². The quantitative estimate of drug-likeness (QED) is 0.639. The molecule has 0 spiro atoms. The fraction of sp³-hybridized carbons (Fsp3) is 0.519. The lowest BCUT2D eigenvalue weighted by molar-refractivity contribution is -0.0179. The Morgan fingerprint density at radius 1 is 1.12 bits per heavy atom. The van der Waals surface area contributed by atoms with E-state index < -0.39 is 0 Å². The van der Waals surface area contributed by atoms with E-state index in [-0.39, 0.29) is 17.3 Å². The minimum atomic E-state index is -0.208. The van der Waals surface area contributed by atoms with Gasteiger partial charge in [0.05, 0.1) is 18.9 Å². The largest absolute Gasteiger partial charge is 0.508 e. The predicted molar refractivity (Wildman–Crippen MR) is 124 cm³/mol. The first-order valence-electron chi connectivity index (χ1n) is 11.7. The lowest BCUT2D eigenvalue weighted by Gasteiger charge is -2.50. The average Bonchev–Trinajstić information content (AvgIpc) is 3.09. The van der Waals surface area contributed by atoms with Crippen molar-refractivity contribution in [3.63, 3.8) is 0 Å². The summed E-state index contributed by atoms with van der Waals surface area (Å²) in [4.78, 5) is 5.85. The Labute approximate surface area is 190 Å². The summed E-state index contributed by atoms with van der Waals surface area (Å²) < 4.78 is 5.49. The number of ether oxygens (including phenoxy) is 1. The molecule has 3 aliphatic carbocycles. The zero-order chi connectivity index (χ0) is 22.5. The molecule has 5 atom stereocenters. The number of hydrogen-bond donors (Lipinski definition) is 2. The van der Waals surface area contributed by atoms with E-state index in [1.165, 1.54) is 5.56 Å². The highest BCUT2D eigenvalue weighted by Crippen LogP contribution is 2.61. The molecule has 3 aliphatic rings. The summed E-state index contributed by atoms with van der Waals surface area (Å²) in [6.45, 7) is 4.64. The van der Waals surface area contributed by atoms with Crippen LogP contribution in [0.25, 0.3) is 0 Å². The van der Waals surface area contributed by atoms with Gasteiger partial charge in [-0.2, -0.15) is 0 Å². The smallest absolute Gasteiger partial charge is 0.145 e. The van der Waals surface area contributed by atoms with Gasteiger partial charge in [-0.3, -0.25) is 0 Å². The molecule has 2 saturated carbocycles. The molecule has 32 heavy (non-hydrogen) atoms. The van der Waals surface area contributed by atoms with Gasteiger partial charge >= 0.3 is 0 Å². The Kier molecular flexibility index (Phi) is 5.40. The van der Waals surface area contributed by atoms with Crippen molar-refractivity contribution in [2.45, 2.75) is 64.6 Å². The van der Waals surface area contributed by atoms with Crippen LogP contribution in [0.15, 0.2) is 41.6 Å². The van der Waals surface area contributed by atoms with Crippen LogP contribution in [0.2, 0.25) is 0 Å². The van der Waals surface area contributed by atoms with E-state index in [0.717, 1.165) is 60.3 Å². The summed E-state index contributed by atoms with van der Waals surface area (Å²) in [6, 6.07) is 11.7. The molecule has 2 aromatic carbocycles. The molecule has 2 N–H and O–H groups in total. The summed E-state index contributed by atoms with van der Waals surface area (Å²) >= 11 is 0. The molecular formula is C27H33NO4. The fourth-order valence-corrected chi connectivity index (χ4v) is 6.62. The number of aromatic hydroxyl groups is 1. The van der Waals surface area contributed by atoms with Gasteiger partial charge in [0, 0.05) is 11.1 Å². The van der Waals surface area contributed by atoms with E-state index in [9.17, 15) is 10.2 Å². The van der Waals surface area contributed by atoms with Crippen molar-refractivity contribution in [3.8, 4) is 11.5 Å².